The van der Waals surface area contributed by atoms with E-state index in [1.54, 1.807) is 17.2 Å². The number of hydrogen-bond acceptors (Lipinski definition) is 3. The molecule has 136 valence electrons. The zero-order valence-electron chi connectivity index (χ0n) is 13.7. The van der Waals surface area contributed by atoms with Crippen LogP contribution in [0, 0.1) is 0 Å². The molecule has 0 bridgehead atoms. The summed E-state index contributed by atoms with van der Waals surface area (Å²) in [7, 11) is 0. The second kappa shape index (κ2) is 6.42. The number of fused-ring (bicyclic) bond motifs is 1. The summed E-state index contributed by atoms with van der Waals surface area (Å²) in [6, 6.07) is 5.47. The average molecular weight is 379 g/mol. The molecule has 8 heteroatoms. The van der Waals surface area contributed by atoms with Gasteiger partial charge in [0.2, 0.25) is 5.91 Å². The molecule has 2 aromatic heterocycles. The Bertz CT molecular complexity index is 914. The Balaban J connectivity index is 1.55. The fourth-order valence-corrected chi connectivity index (χ4v) is 3.76. The average Bonchev–Trinajstić information content (AvgIpc) is 3.21. The molecule has 0 aliphatic heterocycles. The van der Waals surface area contributed by atoms with E-state index in [-0.39, 0.29) is 30.5 Å². The molecule has 1 aliphatic carbocycles. The second-order valence-corrected chi connectivity index (χ2v) is 7.28. The van der Waals surface area contributed by atoms with E-state index in [2.05, 4.69) is 4.98 Å². The highest BCUT2D eigenvalue weighted by Crippen LogP contribution is 2.35. The molecule has 4 nitrogen and oxygen atoms in total. The lowest BCUT2D eigenvalue weighted by atomic mass is 10.1. The number of benzene rings is 1. The Morgan fingerprint density at radius 1 is 1.31 bits per heavy atom. The summed E-state index contributed by atoms with van der Waals surface area (Å²) in [5, 5.41) is 1.90. The Labute approximate surface area is 151 Å². The molecule has 2 heterocycles. The molecule has 0 N–H and O–H groups in total. The molecule has 0 atom stereocenters. The van der Waals surface area contributed by atoms with Crippen LogP contribution in [0.2, 0.25) is 0 Å². The van der Waals surface area contributed by atoms with Gasteiger partial charge in [0.05, 0.1) is 17.7 Å². The van der Waals surface area contributed by atoms with Crippen LogP contribution in [0.5, 0.6) is 0 Å². The van der Waals surface area contributed by atoms with Crippen LogP contribution < -0.4 is 0 Å². The summed E-state index contributed by atoms with van der Waals surface area (Å²) < 4.78 is 41.5. The van der Waals surface area contributed by atoms with Crippen LogP contribution in [0.1, 0.15) is 29.7 Å². The van der Waals surface area contributed by atoms with E-state index in [0.29, 0.717) is 5.69 Å². The molecule has 0 spiro atoms. The van der Waals surface area contributed by atoms with Crippen LogP contribution in [0.15, 0.2) is 42.0 Å². The molecule has 26 heavy (non-hydrogen) atoms. The molecule has 1 aromatic carbocycles. The molecule has 0 radical (unpaired) electrons. The molecular formula is C18H16F3N3OS. The monoisotopic (exact) mass is 379 g/mol. The first-order valence-electron chi connectivity index (χ1n) is 8.27. The van der Waals surface area contributed by atoms with E-state index in [9.17, 15) is 18.0 Å². The lowest BCUT2D eigenvalue weighted by Gasteiger charge is -2.24. The van der Waals surface area contributed by atoms with Crippen molar-refractivity contribution in [2.75, 3.05) is 0 Å². The second-order valence-electron chi connectivity index (χ2n) is 6.41. The molecular weight excluding hydrogens is 363 g/mol. The minimum Gasteiger partial charge on any atom is -0.335 e. The standard InChI is InChI=1S/C18H16F3N3OS/c19-18(20,21)15-4-2-1-3-12(15)10-24(14-5-6-14)16(25)9-13-11-23-7-8-26-17(23)22-13/h1-4,7-8,11,14H,5-6,9-10H2. The zero-order valence-corrected chi connectivity index (χ0v) is 14.6. The highest BCUT2D eigenvalue weighted by molar-refractivity contribution is 7.15. The van der Waals surface area contributed by atoms with E-state index in [1.807, 2.05) is 16.0 Å². The molecule has 1 aliphatic rings. The van der Waals surface area contributed by atoms with Crippen molar-refractivity contribution in [3.05, 3.63) is 58.9 Å². The van der Waals surface area contributed by atoms with Gasteiger partial charge in [0.15, 0.2) is 4.96 Å². The SMILES string of the molecule is O=C(Cc1cn2ccsc2n1)N(Cc1ccccc1C(F)(F)F)C1CC1. The first kappa shape index (κ1) is 17.1. The maximum Gasteiger partial charge on any atom is 0.416 e. The van der Waals surface area contributed by atoms with Crippen molar-refractivity contribution < 1.29 is 18.0 Å². The number of thiazole rings is 1. The summed E-state index contributed by atoms with van der Waals surface area (Å²) in [5.41, 5.74) is 0.0867. The van der Waals surface area contributed by atoms with Crippen LogP contribution in [-0.4, -0.2) is 26.2 Å². The van der Waals surface area contributed by atoms with Crippen molar-refractivity contribution in [1.29, 1.82) is 0 Å². The highest BCUT2D eigenvalue weighted by Gasteiger charge is 2.37. The summed E-state index contributed by atoms with van der Waals surface area (Å²) in [6.45, 7) is -0.0264. The number of nitrogens with zero attached hydrogens (tertiary/aromatic N) is 3. The van der Waals surface area contributed by atoms with E-state index < -0.39 is 11.7 Å². The maximum atomic E-state index is 13.2. The number of amides is 1. The van der Waals surface area contributed by atoms with Gasteiger partial charge in [-0.05, 0) is 24.5 Å². The minimum absolute atomic E-state index is 0.0209. The largest absolute Gasteiger partial charge is 0.416 e. The van der Waals surface area contributed by atoms with Crippen LogP contribution in [-0.2, 0) is 23.9 Å². The van der Waals surface area contributed by atoms with Gasteiger partial charge >= 0.3 is 6.18 Å². The molecule has 3 aromatic rings. The van der Waals surface area contributed by atoms with Gasteiger partial charge in [0.25, 0.3) is 0 Å². The van der Waals surface area contributed by atoms with E-state index >= 15 is 0 Å². The summed E-state index contributed by atoms with van der Waals surface area (Å²) in [5.74, 6) is -0.185. The molecule has 1 fully saturated rings. The van der Waals surface area contributed by atoms with Crippen molar-refractivity contribution >= 4 is 22.2 Å². The third kappa shape index (κ3) is 3.46. The fraction of sp³-hybridized carbons (Fsp3) is 0.333. The Morgan fingerprint density at radius 3 is 2.77 bits per heavy atom. The smallest absolute Gasteiger partial charge is 0.335 e. The van der Waals surface area contributed by atoms with Crippen molar-refractivity contribution in [3.63, 3.8) is 0 Å². The number of carbonyl (C=O) groups excluding carboxylic acids is 1. The maximum absolute atomic E-state index is 13.2. The van der Waals surface area contributed by atoms with Crippen molar-refractivity contribution in [2.45, 2.75) is 38.0 Å². The lowest BCUT2D eigenvalue weighted by molar-refractivity contribution is -0.140. The van der Waals surface area contributed by atoms with Gasteiger partial charge in [-0.3, -0.25) is 9.20 Å². The number of halogens is 3. The molecule has 0 saturated heterocycles. The Kier molecular flexibility index (Phi) is 4.22. The minimum atomic E-state index is -4.43. The highest BCUT2D eigenvalue weighted by atomic mass is 32.1. The predicted octanol–water partition coefficient (Wildman–Crippen LogP) is 4.15. The van der Waals surface area contributed by atoms with Gasteiger partial charge < -0.3 is 4.90 Å². The molecule has 1 amide bonds. The zero-order chi connectivity index (χ0) is 18.3. The van der Waals surface area contributed by atoms with Gasteiger partial charge in [-0.25, -0.2) is 4.98 Å². The first-order chi connectivity index (χ1) is 12.4. The predicted molar refractivity (Wildman–Crippen MR) is 91.8 cm³/mol. The third-order valence-electron chi connectivity index (χ3n) is 4.45. The van der Waals surface area contributed by atoms with E-state index in [0.717, 1.165) is 23.9 Å². The van der Waals surface area contributed by atoms with Gasteiger partial charge in [0, 0.05) is 30.4 Å². The van der Waals surface area contributed by atoms with Crippen LogP contribution >= 0.6 is 11.3 Å². The Morgan fingerprint density at radius 2 is 2.08 bits per heavy atom. The summed E-state index contributed by atoms with van der Waals surface area (Å²) >= 11 is 1.47. The van der Waals surface area contributed by atoms with Gasteiger partial charge in [-0.2, -0.15) is 13.2 Å². The third-order valence-corrected chi connectivity index (χ3v) is 5.22. The number of carbonyl (C=O) groups is 1. The van der Waals surface area contributed by atoms with Gasteiger partial charge in [-0.15, -0.1) is 11.3 Å². The number of imidazole rings is 1. The van der Waals surface area contributed by atoms with Gasteiger partial charge in [0.1, 0.15) is 0 Å². The van der Waals surface area contributed by atoms with E-state index in [1.165, 1.54) is 23.5 Å². The number of aromatic nitrogens is 2. The lowest BCUT2D eigenvalue weighted by Crippen LogP contribution is -2.34. The van der Waals surface area contributed by atoms with Crippen LogP contribution in [0.4, 0.5) is 13.2 Å². The molecule has 1 saturated carbocycles. The Hall–Kier alpha value is -2.35. The normalized spacial score (nSPS) is 14.7. The fourth-order valence-electron chi connectivity index (χ4n) is 3.04. The number of alkyl halides is 3. The summed E-state index contributed by atoms with van der Waals surface area (Å²) in [6.07, 6.45) is 0.982. The molecule has 4 rings (SSSR count). The summed E-state index contributed by atoms with van der Waals surface area (Å²) in [4.78, 5) is 19.5. The van der Waals surface area contributed by atoms with Crippen LogP contribution in [0.3, 0.4) is 0 Å². The van der Waals surface area contributed by atoms with Gasteiger partial charge in [-0.1, -0.05) is 18.2 Å². The van der Waals surface area contributed by atoms with Crippen LogP contribution in [0.25, 0.3) is 4.96 Å². The van der Waals surface area contributed by atoms with E-state index in [4.69, 9.17) is 0 Å². The van der Waals surface area contributed by atoms with Crippen molar-refractivity contribution in [2.24, 2.45) is 0 Å². The van der Waals surface area contributed by atoms with Crippen molar-refractivity contribution in [3.8, 4) is 0 Å². The van der Waals surface area contributed by atoms with Crippen molar-refractivity contribution in [1.82, 2.24) is 14.3 Å². The number of hydrogen-bond donors (Lipinski definition) is 0. The molecule has 0 unspecified atom stereocenters. The number of rotatable bonds is 5. The first-order valence-corrected chi connectivity index (χ1v) is 9.15. The quantitative estimate of drug-likeness (QED) is 0.668. The topological polar surface area (TPSA) is 37.6 Å².